The van der Waals surface area contributed by atoms with Gasteiger partial charge in [-0.3, -0.25) is 0 Å². The summed E-state index contributed by atoms with van der Waals surface area (Å²) in [5, 5.41) is -7.31. The van der Waals surface area contributed by atoms with Gasteiger partial charge in [0.25, 0.3) is 0 Å². The van der Waals surface area contributed by atoms with Crippen LogP contribution in [0.1, 0.15) is 12.8 Å². The molecule has 0 aromatic heterocycles. The van der Waals surface area contributed by atoms with E-state index in [0.717, 1.165) is 6.08 Å². The first-order valence-corrected chi connectivity index (χ1v) is 11.8. The molecule has 0 bridgehead atoms. The number of carbonyl (C=O) groups is 1. The molecule has 2 rings (SSSR count). The Morgan fingerprint density at radius 2 is 1.36 bits per heavy atom. The average molecular weight is 613 g/mol. The van der Waals surface area contributed by atoms with Crippen LogP contribution in [-0.4, -0.2) is 68.7 Å². The number of benzene rings is 1. The van der Waals surface area contributed by atoms with Crippen molar-refractivity contribution in [2.75, 3.05) is 18.1 Å². The van der Waals surface area contributed by atoms with Crippen LogP contribution in [-0.2, 0) is 19.4 Å². The van der Waals surface area contributed by atoms with E-state index < -0.39 is 61.9 Å². The third-order valence-electron chi connectivity index (χ3n) is 5.68. The van der Waals surface area contributed by atoms with Gasteiger partial charge in [-0.05, 0) is 37.1 Å². The van der Waals surface area contributed by atoms with Gasteiger partial charge in [-0.2, -0.15) is 57.1 Å². The Hall–Kier alpha value is -2.73. The number of alkyl halides is 13. The van der Waals surface area contributed by atoms with E-state index in [2.05, 4.69) is 6.58 Å². The summed E-state index contributed by atoms with van der Waals surface area (Å²) in [6.07, 6.45) is -5.89. The van der Waals surface area contributed by atoms with Crippen molar-refractivity contribution < 1.29 is 75.0 Å². The summed E-state index contributed by atoms with van der Waals surface area (Å²) in [4.78, 5) is 10.8. The molecule has 0 saturated carbocycles. The molecule has 1 fully saturated rings. The lowest BCUT2D eigenvalue weighted by Gasteiger charge is -2.39. The van der Waals surface area contributed by atoms with Gasteiger partial charge in [0.1, 0.15) is 6.61 Å². The quantitative estimate of drug-likeness (QED) is 0.188. The molecule has 0 radical (unpaired) electrons. The first-order chi connectivity index (χ1) is 17.4. The average Bonchev–Trinajstić information content (AvgIpc) is 3.29. The van der Waals surface area contributed by atoms with E-state index in [1.165, 1.54) is 4.90 Å². The second-order valence-corrected chi connectivity index (χ2v) is 10.1. The number of esters is 1. The van der Waals surface area contributed by atoms with Gasteiger partial charge in [0, 0.05) is 18.3 Å². The Labute approximate surface area is 211 Å². The lowest BCUT2D eigenvalue weighted by molar-refractivity contribution is -0.433. The number of carbonyl (C=O) groups excluding carboxylic acids is 1. The zero-order valence-corrected chi connectivity index (χ0v) is 19.7. The Bertz CT molecular complexity index is 1180. The number of halogens is 13. The van der Waals surface area contributed by atoms with Gasteiger partial charge in [-0.15, -0.1) is 0 Å². The largest absolute Gasteiger partial charge is 0.460 e. The van der Waals surface area contributed by atoms with Crippen molar-refractivity contribution >= 4 is 21.5 Å². The Balaban J connectivity index is 2.44. The summed E-state index contributed by atoms with van der Waals surface area (Å²) >= 11 is 0. The Kier molecular flexibility index (Phi) is 8.35. The van der Waals surface area contributed by atoms with Crippen molar-refractivity contribution in [1.82, 2.24) is 0 Å². The van der Waals surface area contributed by atoms with Crippen molar-refractivity contribution in [3.63, 3.8) is 0 Å². The van der Waals surface area contributed by atoms with Crippen molar-refractivity contribution in [1.29, 1.82) is 0 Å². The van der Waals surface area contributed by atoms with Crippen molar-refractivity contribution in [3.05, 3.63) is 36.9 Å². The van der Waals surface area contributed by atoms with E-state index in [-0.39, 0.29) is 31.0 Å². The van der Waals surface area contributed by atoms with Gasteiger partial charge in [-0.25, -0.2) is 13.2 Å². The van der Waals surface area contributed by atoms with Crippen LogP contribution in [0.2, 0.25) is 0 Å². The summed E-state index contributed by atoms with van der Waals surface area (Å²) in [5.74, 6) is -33.2. The maximum Gasteiger partial charge on any atom is 0.460 e. The fourth-order valence-electron chi connectivity index (χ4n) is 3.47. The molecule has 0 spiro atoms. The predicted molar refractivity (Wildman–Crippen MR) is 106 cm³/mol. The highest BCUT2D eigenvalue weighted by Crippen LogP contribution is 2.61. The molecule has 0 aliphatic carbocycles. The third-order valence-corrected chi connectivity index (χ3v) is 7.51. The molecule has 0 N–H and O–H groups in total. The highest BCUT2D eigenvalue weighted by molar-refractivity contribution is 7.92. The molecule has 1 heterocycles. The highest BCUT2D eigenvalue weighted by Gasteiger charge is 2.92. The van der Waals surface area contributed by atoms with Gasteiger partial charge in [0.15, 0.2) is 0 Å². The van der Waals surface area contributed by atoms with E-state index in [0.29, 0.717) is 25.0 Å². The van der Waals surface area contributed by atoms with Crippen LogP contribution in [0.5, 0.6) is 0 Å². The number of nitrogens with zero attached hydrogens (tertiary/aromatic N) is 1. The number of anilines is 1. The molecular formula is C20H16F13NO4S. The van der Waals surface area contributed by atoms with Crippen LogP contribution in [0.3, 0.4) is 0 Å². The molecule has 0 unspecified atom stereocenters. The van der Waals surface area contributed by atoms with Crippen LogP contribution in [0.4, 0.5) is 62.8 Å². The van der Waals surface area contributed by atoms with Gasteiger partial charge < -0.3 is 9.64 Å². The summed E-state index contributed by atoms with van der Waals surface area (Å²) in [7, 11) is -7.12. The minimum absolute atomic E-state index is 0.0165. The van der Waals surface area contributed by atoms with Gasteiger partial charge in [-0.1, -0.05) is 6.58 Å². The molecule has 0 amide bonds. The number of sulfone groups is 1. The molecule has 1 saturated heterocycles. The summed E-state index contributed by atoms with van der Waals surface area (Å²) in [6, 6.07) is 1.21. The van der Waals surface area contributed by atoms with Crippen LogP contribution in [0, 0.1) is 0 Å². The maximum absolute atomic E-state index is 14.3. The number of hydrogen-bond donors (Lipinski definition) is 0. The number of rotatable bonds is 10. The third kappa shape index (κ3) is 5.01. The normalized spacial score (nSPS) is 18.3. The zero-order chi connectivity index (χ0) is 30.5. The molecule has 222 valence electrons. The van der Waals surface area contributed by atoms with Crippen molar-refractivity contribution in [2.24, 2.45) is 0 Å². The summed E-state index contributed by atoms with van der Waals surface area (Å²) < 4.78 is 203. The fraction of sp³-hybridized carbons (Fsp3) is 0.550. The number of ether oxygens (including phenoxy) is 1. The zero-order valence-electron chi connectivity index (χ0n) is 18.9. The predicted octanol–water partition coefficient (Wildman–Crippen LogP) is 5.85. The maximum atomic E-state index is 14.3. The molecule has 1 aliphatic rings. The van der Waals surface area contributed by atoms with E-state index in [4.69, 9.17) is 4.74 Å². The lowest BCUT2D eigenvalue weighted by atomic mass is 9.98. The lowest BCUT2D eigenvalue weighted by Crippen LogP contribution is -2.71. The SMILES string of the molecule is C=CC(=O)OC[C@@H]1CCCN1c1ccc(S(=O)(=O)C(F)(F)C(F)(F)C(F)(F)C(F)(F)C(F)(F)C(F)(F)F)cc1. The van der Waals surface area contributed by atoms with Gasteiger partial charge in [0.05, 0.1) is 10.9 Å². The minimum Gasteiger partial charge on any atom is -0.460 e. The fourth-order valence-corrected chi connectivity index (χ4v) is 4.73. The molecule has 1 aromatic carbocycles. The minimum atomic E-state index is -8.23. The Morgan fingerprint density at radius 1 is 0.872 bits per heavy atom. The van der Waals surface area contributed by atoms with Gasteiger partial charge >= 0.3 is 41.1 Å². The van der Waals surface area contributed by atoms with Crippen molar-refractivity contribution in [3.8, 4) is 0 Å². The van der Waals surface area contributed by atoms with E-state index >= 15 is 0 Å². The van der Waals surface area contributed by atoms with Crippen LogP contribution in [0.25, 0.3) is 0 Å². The van der Waals surface area contributed by atoms with Crippen LogP contribution < -0.4 is 4.90 Å². The molecule has 5 nitrogen and oxygen atoms in total. The monoisotopic (exact) mass is 613 g/mol. The summed E-state index contributed by atoms with van der Waals surface area (Å²) in [6.45, 7) is 3.17. The van der Waals surface area contributed by atoms with E-state index in [1.54, 1.807) is 0 Å². The summed E-state index contributed by atoms with van der Waals surface area (Å²) in [5.41, 5.74) is 0.0165. The topological polar surface area (TPSA) is 63.7 Å². The standard InChI is InChI=1S/C20H16F13NO4S/c1-2-14(35)38-10-12-4-3-9-34(12)11-5-7-13(8-6-11)39(36,37)20(32,33)18(27,28)16(23,24)15(21,22)17(25,26)19(29,30)31/h2,5-8,12H,1,3-4,9-10H2/t12-/m0/s1. The molecule has 1 aliphatic heterocycles. The second kappa shape index (κ2) is 10.0. The number of hydrogen-bond acceptors (Lipinski definition) is 5. The second-order valence-electron chi connectivity index (χ2n) is 8.13. The van der Waals surface area contributed by atoms with E-state index in [9.17, 15) is 70.3 Å². The van der Waals surface area contributed by atoms with Crippen LogP contribution >= 0.6 is 0 Å². The van der Waals surface area contributed by atoms with Gasteiger partial charge in [0.2, 0.25) is 9.84 Å². The Morgan fingerprint density at radius 3 is 1.82 bits per heavy atom. The van der Waals surface area contributed by atoms with Crippen LogP contribution in [0.15, 0.2) is 41.8 Å². The first-order valence-electron chi connectivity index (χ1n) is 10.3. The molecule has 1 atom stereocenters. The molecular weight excluding hydrogens is 597 g/mol. The smallest absolute Gasteiger partial charge is 0.460 e. The first kappa shape index (κ1) is 32.5. The van der Waals surface area contributed by atoms with E-state index in [1.807, 2.05) is 0 Å². The molecule has 39 heavy (non-hydrogen) atoms. The highest BCUT2D eigenvalue weighted by atomic mass is 32.2. The molecule has 1 aromatic rings. The molecule has 19 heteroatoms. The van der Waals surface area contributed by atoms with Crippen molar-refractivity contribution in [2.45, 2.75) is 58.9 Å².